The number of furan rings is 1. The van der Waals surface area contributed by atoms with Gasteiger partial charge in [-0.25, -0.2) is 0 Å². The highest BCUT2D eigenvalue weighted by Gasteiger charge is 2.22. The molecule has 0 atom stereocenters. The Morgan fingerprint density at radius 2 is 2.12 bits per heavy atom. The van der Waals surface area contributed by atoms with Crippen LogP contribution in [-0.4, -0.2) is 11.4 Å². The number of halogens is 1. The maximum absolute atomic E-state index is 11.2. The standard InChI is InChI=1S/C13H11IO3/c14-9-5-11-12(8(6-15)13(9)16)7-3-1-2-4-10(7)17-11/h5-6,16H,1-4H2. The first-order chi connectivity index (χ1) is 8.22. The molecule has 1 heterocycles. The minimum Gasteiger partial charge on any atom is -0.506 e. The molecule has 3 rings (SSSR count). The molecule has 0 bridgehead atoms. The largest absolute Gasteiger partial charge is 0.506 e. The molecule has 1 N–H and O–H groups in total. The number of hydrogen-bond donors (Lipinski definition) is 1. The number of aldehydes is 1. The second-order valence-corrected chi connectivity index (χ2v) is 5.48. The van der Waals surface area contributed by atoms with Gasteiger partial charge in [-0.1, -0.05) is 0 Å². The van der Waals surface area contributed by atoms with Crippen molar-refractivity contribution in [2.24, 2.45) is 0 Å². The third-order valence-electron chi connectivity index (χ3n) is 3.32. The molecule has 0 fully saturated rings. The Hall–Kier alpha value is -1.04. The molecule has 1 aromatic carbocycles. The number of benzene rings is 1. The van der Waals surface area contributed by atoms with Gasteiger partial charge in [0.1, 0.15) is 17.1 Å². The van der Waals surface area contributed by atoms with Crippen LogP contribution in [0.2, 0.25) is 0 Å². The zero-order chi connectivity index (χ0) is 12.0. The van der Waals surface area contributed by atoms with Crippen molar-refractivity contribution >= 4 is 39.8 Å². The van der Waals surface area contributed by atoms with Crippen molar-refractivity contribution in [1.82, 2.24) is 0 Å². The third-order valence-corrected chi connectivity index (χ3v) is 4.15. The lowest BCUT2D eigenvalue weighted by molar-refractivity contribution is 0.112. The van der Waals surface area contributed by atoms with E-state index in [1.807, 2.05) is 22.6 Å². The quantitative estimate of drug-likeness (QED) is 0.638. The van der Waals surface area contributed by atoms with Gasteiger partial charge in [0, 0.05) is 17.4 Å². The molecule has 17 heavy (non-hydrogen) atoms. The highest BCUT2D eigenvalue weighted by molar-refractivity contribution is 14.1. The average molecular weight is 342 g/mol. The van der Waals surface area contributed by atoms with E-state index in [1.165, 1.54) is 0 Å². The number of phenolic OH excluding ortho intramolecular Hbond substituents is 1. The Morgan fingerprint density at radius 3 is 2.88 bits per heavy atom. The van der Waals surface area contributed by atoms with Crippen LogP contribution in [0.3, 0.4) is 0 Å². The Bertz CT molecular complexity index is 613. The van der Waals surface area contributed by atoms with Gasteiger partial charge in [-0.2, -0.15) is 0 Å². The number of fused-ring (bicyclic) bond motifs is 3. The van der Waals surface area contributed by atoms with Gasteiger partial charge in [0.2, 0.25) is 0 Å². The first-order valence-corrected chi connectivity index (χ1v) is 6.71. The number of rotatable bonds is 1. The van der Waals surface area contributed by atoms with Gasteiger partial charge in [-0.3, -0.25) is 4.79 Å². The molecule has 1 aliphatic rings. The fourth-order valence-electron chi connectivity index (χ4n) is 2.53. The van der Waals surface area contributed by atoms with Crippen molar-refractivity contribution in [2.75, 3.05) is 0 Å². The Labute approximate surface area is 112 Å². The molecule has 1 aromatic heterocycles. The lowest BCUT2D eigenvalue weighted by Gasteiger charge is -2.09. The van der Waals surface area contributed by atoms with Crippen LogP contribution in [0.1, 0.15) is 34.5 Å². The fourth-order valence-corrected chi connectivity index (χ4v) is 3.10. The lowest BCUT2D eigenvalue weighted by atomic mass is 9.94. The summed E-state index contributed by atoms with van der Waals surface area (Å²) in [7, 11) is 0. The summed E-state index contributed by atoms with van der Waals surface area (Å²) in [6, 6.07) is 1.80. The maximum Gasteiger partial charge on any atom is 0.154 e. The molecular weight excluding hydrogens is 331 g/mol. The molecule has 0 spiro atoms. The highest BCUT2D eigenvalue weighted by atomic mass is 127. The monoisotopic (exact) mass is 342 g/mol. The van der Waals surface area contributed by atoms with E-state index in [0.717, 1.165) is 54.3 Å². The van der Waals surface area contributed by atoms with Crippen LogP contribution in [-0.2, 0) is 12.8 Å². The third kappa shape index (κ3) is 1.57. The van der Waals surface area contributed by atoms with Crippen molar-refractivity contribution in [3.05, 3.63) is 26.5 Å². The number of hydrogen-bond acceptors (Lipinski definition) is 3. The van der Waals surface area contributed by atoms with Gasteiger partial charge < -0.3 is 9.52 Å². The molecule has 0 aliphatic heterocycles. The smallest absolute Gasteiger partial charge is 0.154 e. The van der Waals surface area contributed by atoms with E-state index in [9.17, 15) is 9.90 Å². The first kappa shape index (κ1) is 11.1. The summed E-state index contributed by atoms with van der Waals surface area (Å²) in [6.07, 6.45) is 4.84. The van der Waals surface area contributed by atoms with Crippen LogP contribution in [0.15, 0.2) is 10.5 Å². The van der Waals surface area contributed by atoms with Crippen molar-refractivity contribution in [3.8, 4) is 5.75 Å². The number of carbonyl (C=O) groups is 1. The van der Waals surface area contributed by atoms with Crippen LogP contribution < -0.4 is 0 Å². The molecular formula is C13H11IO3. The number of aromatic hydroxyl groups is 1. The van der Waals surface area contributed by atoms with E-state index in [1.54, 1.807) is 6.07 Å². The fraction of sp³-hybridized carbons (Fsp3) is 0.308. The highest BCUT2D eigenvalue weighted by Crippen LogP contribution is 2.38. The van der Waals surface area contributed by atoms with Gasteiger partial charge >= 0.3 is 0 Å². The van der Waals surface area contributed by atoms with Crippen LogP contribution in [0.4, 0.5) is 0 Å². The molecule has 0 saturated carbocycles. The number of phenols is 1. The normalized spacial score (nSPS) is 14.9. The summed E-state index contributed by atoms with van der Waals surface area (Å²) in [6.45, 7) is 0. The maximum atomic E-state index is 11.2. The lowest BCUT2D eigenvalue weighted by Crippen LogP contribution is -1.99. The molecule has 0 saturated heterocycles. The second kappa shape index (κ2) is 4.01. The Morgan fingerprint density at radius 1 is 1.35 bits per heavy atom. The molecule has 0 amide bonds. The summed E-state index contributed by atoms with van der Waals surface area (Å²) in [5.41, 5.74) is 2.21. The first-order valence-electron chi connectivity index (χ1n) is 5.63. The van der Waals surface area contributed by atoms with Gasteiger partial charge in [-0.05, 0) is 47.9 Å². The van der Waals surface area contributed by atoms with Crippen LogP contribution in [0, 0.1) is 3.57 Å². The van der Waals surface area contributed by atoms with E-state index in [4.69, 9.17) is 4.42 Å². The van der Waals surface area contributed by atoms with Crippen LogP contribution in [0.5, 0.6) is 5.75 Å². The van der Waals surface area contributed by atoms with Crippen LogP contribution >= 0.6 is 22.6 Å². The van der Waals surface area contributed by atoms with Crippen LogP contribution in [0.25, 0.3) is 11.0 Å². The Kier molecular flexibility index (Phi) is 2.61. The van der Waals surface area contributed by atoms with E-state index in [2.05, 4.69) is 0 Å². The van der Waals surface area contributed by atoms with E-state index < -0.39 is 0 Å². The zero-order valence-electron chi connectivity index (χ0n) is 9.12. The molecule has 1 aliphatic carbocycles. The molecule has 88 valence electrons. The van der Waals surface area contributed by atoms with Crippen molar-refractivity contribution < 1.29 is 14.3 Å². The molecule has 2 aromatic rings. The average Bonchev–Trinajstić information content (AvgIpc) is 2.69. The summed E-state index contributed by atoms with van der Waals surface area (Å²) in [5.74, 6) is 1.05. The second-order valence-electron chi connectivity index (χ2n) is 4.32. The summed E-state index contributed by atoms with van der Waals surface area (Å²) >= 11 is 2.01. The van der Waals surface area contributed by atoms with Crippen molar-refractivity contribution in [1.29, 1.82) is 0 Å². The van der Waals surface area contributed by atoms with Crippen molar-refractivity contribution in [3.63, 3.8) is 0 Å². The van der Waals surface area contributed by atoms with Gasteiger partial charge in [0.25, 0.3) is 0 Å². The Balaban J connectivity index is 2.43. The van der Waals surface area contributed by atoms with E-state index in [0.29, 0.717) is 9.13 Å². The predicted molar refractivity (Wildman–Crippen MR) is 72.6 cm³/mol. The van der Waals surface area contributed by atoms with Gasteiger partial charge in [0.05, 0.1) is 9.13 Å². The minimum absolute atomic E-state index is 0.0715. The topological polar surface area (TPSA) is 50.4 Å². The zero-order valence-corrected chi connectivity index (χ0v) is 11.3. The summed E-state index contributed by atoms with van der Waals surface area (Å²) < 4.78 is 6.45. The van der Waals surface area contributed by atoms with Crippen molar-refractivity contribution in [2.45, 2.75) is 25.7 Å². The summed E-state index contributed by atoms with van der Waals surface area (Å²) in [4.78, 5) is 11.2. The SMILES string of the molecule is O=Cc1c(O)c(I)cc2oc3c(c12)CCCC3. The number of carbonyl (C=O) groups excluding carboxylic acids is 1. The predicted octanol–water partition coefficient (Wildman–Crippen LogP) is 3.43. The summed E-state index contributed by atoms with van der Waals surface area (Å²) in [5, 5.41) is 10.7. The molecule has 3 nitrogen and oxygen atoms in total. The van der Waals surface area contributed by atoms with Gasteiger partial charge in [-0.15, -0.1) is 0 Å². The molecule has 4 heteroatoms. The molecule has 0 unspecified atom stereocenters. The molecule has 0 radical (unpaired) electrons. The minimum atomic E-state index is 0.0715. The van der Waals surface area contributed by atoms with E-state index in [-0.39, 0.29) is 5.75 Å². The van der Waals surface area contributed by atoms with Gasteiger partial charge in [0.15, 0.2) is 6.29 Å². The number of aryl methyl sites for hydroxylation is 2. The van der Waals surface area contributed by atoms with E-state index >= 15 is 0 Å².